The topological polar surface area (TPSA) is 15.8 Å². The molecule has 68 valence electrons. The van der Waals surface area contributed by atoms with E-state index in [0.29, 0.717) is 5.52 Å². The Morgan fingerprint density at radius 1 is 1.38 bits per heavy atom. The zero-order valence-electron chi connectivity index (χ0n) is 7.52. The van der Waals surface area contributed by atoms with Crippen molar-refractivity contribution in [3.05, 3.63) is 29.7 Å². The molecule has 1 aromatic carbocycles. The second-order valence-corrected chi connectivity index (χ2v) is 3.76. The van der Waals surface area contributed by atoms with Crippen molar-refractivity contribution in [3.8, 4) is 0 Å². The van der Waals surface area contributed by atoms with Crippen molar-refractivity contribution in [3.63, 3.8) is 0 Å². The molecule has 0 radical (unpaired) electrons. The minimum absolute atomic E-state index is 0.180. The first-order valence-electron chi connectivity index (χ1n) is 4.05. The number of para-hydroxylation sites is 1. The number of fused-ring (bicyclic) bond motifs is 1. The molecular weight excluding hydrogens is 185 g/mol. The Kier molecular flexibility index (Phi) is 2.04. The first-order chi connectivity index (χ1) is 6.24. The number of benzene rings is 1. The number of aromatic nitrogens is 1. The summed E-state index contributed by atoms with van der Waals surface area (Å²) in [7, 11) is 0. The summed E-state index contributed by atoms with van der Waals surface area (Å²) in [5, 5.41) is 0.977. The number of aromatic amines is 1. The minimum Gasteiger partial charge on any atom is -0.355 e. The van der Waals surface area contributed by atoms with Crippen LogP contribution in [0.3, 0.4) is 0 Å². The van der Waals surface area contributed by atoms with Gasteiger partial charge in [0.2, 0.25) is 0 Å². The summed E-state index contributed by atoms with van der Waals surface area (Å²) in [6.45, 7) is 1.96. The summed E-state index contributed by atoms with van der Waals surface area (Å²) in [6, 6.07) is 5.15. The largest absolute Gasteiger partial charge is 0.355 e. The van der Waals surface area contributed by atoms with Crippen LogP contribution in [-0.2, 0) is 0 Å². The summed E-state index contributed by atoms with van der Waals surface area (Å²) in [5.74, 6) is -0.180. The van der Waals surface area contributed by atoms with Crippen molar-refractivity contribution < 1.29 is 4.39 Å². The third-order valence-corrected chi connectivity index (χ3v) is 3.05. The van der Waals surface area contributed by atoms with Crippen LogP contribution in [0, 0.1) is 12.7 Å². The molecule has 0 aliphatic rings. The molecule has 1 aromatic heterocycles. The van der Waals surface area contributed by atoms with Crippen LogP contribution in [0.25, 0.3) is 10.9 Å². The molecule has 1 heterocycles. The zero-order chi connectivity index (χ0) is 9.42. The first kappa shape index (κ1) is 8.63. The second-order valence-electron chi connectivity index (χ2n) is 2.95. The fourth-order valence-corrected chi connectivity index (χ4v) is 2.30. The molecule has 0 unspecified atom stereocenters. The van der Waals surface area contributed by atoms with E-state index in [-0.39, 0.29) is 5.82 Å². The predicted molar refractivity (Wildman–Crippen MR) is 54.8 cm³/mol. The summed E-state index contributed by atoms with van der Waals surface area (Å²) < 4.78 is 13.3. The van der Waals surface area contributed by atoms with E-state index in [4.69, 9.17) is 0 Å². The number of aryl methyl sites for hydroxylation is 1. The van der Waals surface area contributed by atoms with Crippen molar-refractivity contribution in [2.75, 3.05) is 6.26 Å². The Hall–Kier alpha value is -0.960. The van der Waals surface area contributed by atoms with Gasteiger partial charge in [-0.3, -0.25) is 0 Å². The summed E-state index contributed by atoms with van der Waals surface area (Å²) >= 11 is 1.64. The molecule has 0 saturated heterocycles. The highest BCUT2D eigenvalue weighted by Gasteiger charge is 2.09. The normalized spacial score (nSPS) is 11.0. The smallest absolute Gasteiger partial charge is 0.147 e. The quantitative estimate of drug-likeness (QED) is 0.690. The first-order valence-corrected chi connectivity index (χ1v) is 5.27. The second kappa shape index (κ2) is 3.07. The molecule has 13 heavy (non-hydrogen) atoms. The van der Waals surface area contributed by atoms with E-state index in [0.717, 1.165) is 16.0 Å². The Balaban J connectivity index is 2.86. The number of H-pyrrole nitrogens is 1. The molecule has 0 bridgehead atoms. The number of thioether (sulfide) groups is 1. The molecule has 0 aliphatic heterocycles. The number of hydrogen-bond acceptors (Lipinski definition) is 1. The van der Waals surface area contributed by atoms with Crippen molar-refractivity contribution in [2.45, 2.75) is 11.8 Å². The van der Waals surface area contributed by atoms with Crippen molar-refractivity contribution in [1.82, 2.24) is 4.98 Å². The van der Waals surface area contributed by atoms with Crippen LogP contribution in [0.1, 0.15) is 5.69 Å². The van der Waals surface area contributed by atoms with Crippen molar-refractivity contribution in [1.29, 1.82) is 0 Å². The third kappa shape index (κ3) is 1.23. The van der Waals surface area contributed by atoms with E-state index in [2.05, 4.69) is 4.98 Å². The minimum atomic E-state index is -0.180. The van der Waals surface area contributed by atoms with Gasteiger partial charge in [-0.1, -0.05) is 12.1 Å². The van der Waals surface area contributed by atoms with E-state index in [9.17, 15) is 4.39 Å². The summed E-state index contributed by atoms with van der Waals surface area (Å²) in [5.41, 5.74) is 1.65. The molecule has 2 aromatic rings. The third-order valence-electron chi connectivity index (χ3n) is 2.12. The summed E-state index contributed by atoms with van der Waals surface area (Å²) in [6.07, 6.45) is 2.00. The van der Waals surface area contributed by atoms with Crippen LogP contribution in [-0.4, -0.2) is 11.2 Å². The van der Waals surface area contributed by atoms with Gasteiger partial charge in [0.1, 0.15) is 5.82 Å². The summed E-state index contributed by atoms with van der Waals surface area (Å²) in [4.78, 5) is 4.18. The van der Waals surface area contributed by atoms with Crippen LogP contribution in [0.5, 0.6) is 0 Å². The molecule has 0 fully saturated rings. The number of halogens is 1. The van der Waals surface area contributed by atoms with E-state index >= 15 is 0 Å². The fourth-order valence-electron chi connectivity index (χ4n) is 1.55. The van der Waals surface area contributed by atoms with Crippen molar-refractivity contribution in [2.24, 2.45) is 0 Å². The zero-order valence-corrected chi connectivity index (χ0v) is 8.33. The van der Waals surface area contributed by atoms with Gasteiger partial charge in [-0.05, 0) is 19.2 Å². The maximum atomic E-state index is 13.3. The lowest BCUT2D eigenvalue weighted by molar-refractivity contribution is 0.637. The van der Waals surface area contributed by atoms with Crippen LogP contribution in [0.4, 0.5) is 4.39 Å². The van der Waals surface area contributed by atoms with Crippen LogP contribution in [0.15, 0.2) is 23.1 Å². The van der Waals surface area contributed by atoms with Gasteiger partial charge in [0, 0.05) is 16.0 Å². The van der Waals surface area contributed by atoms with E-state index in [1.807, 2.05) is 19.2 Å². The van der Waals surface area contributed by atoms with Crippen LogP contribution < -0.4 is 0 Å². The fraction of sp³-hybridized carbons (Fsp3) is 0.200. The number of rotatable bonds is 1. The number of nitrogens with one attached hydrogen (secondary N) is 1. The van der Waals surface area contributed by atoms with Crippen molar-refractivity contribution >= 4 is 22.7 Å². The lowest BCUT2D eigenvalue weighted by atomic mass is 10.2. The van der Waals surface area contributed by atoms with E-state index in [1.165, 1.54) is 6.07 Å². The van der Waals surface area contributed by atoms with E-state index < -0.39 is 0 Å². The molecule has 0 atom stereocenters. The molecule has 0 amide bonds. The van der Waals surface area contributed by atoms with E-state index in [1.54, 1.807) is 17.8 Å². The average molecular weight is 195 g/mol. The van der Waals surface area contributed by atoms with Gasteiger partial charge in [-0.2, -0.15) is 0 Å². The van der Waals surface area contributed by atoms with Gasteiger partial charge in [-0.15, -0.1) is 11.8 Å². The lowest BCUT2D eigenvalue weighted by Crippen LogP contribution is -1.75. The Morgan fingerprint density at radius 2 is 2.15 bits per heavy atom. The maximum absolute atomic E-state index is 13.3. The molecule has 0 saturated carbocycles. The van der Waals surface area contributed by atoms with Crippen LogP contribution in [0.2, 0.25) is 0 Å². The van der Waals surface area contributed by atoms with Gasteiger partial charge in [0.25, 0.3) is 0 Å². The van der Waals surface area contributed by atoms with Gasteiger partial charge >= 0.3 is 0 Å². The molecule has 2 rings (SSSR count). The molecule has 1 nitrogen and oxygen atoms in total. The van der Waals surface area contributed by atoms with Crippen LogP contribution >= 0.6 is 11.8 Å². The monoisotopic (exact) mass is 195 g/mol. The Bertz CT molecular complexity index is 447. The van der Waals surface area contributed by atoms with Gasteiger partial charge in [0.15, 0.2) is 0 Å². The standard InChI is InChI=1S/C10H10FNS/c1-6-10(13-2)7-4-3-5-8(11)9(7)12-6/h3-5,12H,1-2H3. The Morgan fingerprint density at radius 3 is 2.85 bits per heavy atom. The average Bonchev–Trinajstić information content (AvgIpc) is 2.43. The van der Waals surface area contributed by atoms with Gasteiger partial charge in [-0.25, -0.2) is 4.39 Å². The molecule has 0 spiro atoms. The maximum Gasteiger partial charge on any atom is 0.147 e. The highest BCUT2D eigenvalue weighted by atomic mass is 32.2. The Labute approximate surface area is 80.3 Å². The molecule has 3 heteroatoms. The molecular formula is C10H10FNS. The molecule has 1 N–H and O–H groups in total. The lowest BCUT2D eigenvalue weighted by Gasteiger charge is -1.94. The van der Waals surface area contributed by atoms with Gasteiger partial charge < -0.3 is 4.98 Å². The SMILES string of the molecule is CSc1c(C)[nH]c2c(F)cccc12. The number of hydrogen-bond donors (Lipinski definition) is 1. The highest BCUT2D eigenvalue weighted by molar-refractivity contribution is 7.98. The highest BCUT2D eigenvalue weighted by Crippen LogP contribution is 2.30. The van der Waals surface area contributed by atoms with Gasteiger partial charge in [0.05, 0.1) is 5.52 Å². The molecule has 0 aliphatic carbocycles. The predicted octanol–water partition coefficient (Wildman–Crippen LogP) is 3.34.